The van der Waals surface area contributed by atoms with Crippen LogP contribution in [-0.2, 0) is 13.6 Å². The maximum Gasteiger partial charge on any atom is 0.403 e. The van der Waals surface area contributed by atoms with Gasteiger partial charge in [-0.25, -0.2) is 10.1 Å². The van der Waals surface area contributed by atoms with E-state index in [0.29, 0.717) is 0 Å². The second kappa shape index (κ2) is 5.65. The minimum atomic E-state index is -3.55. The molecular weight excluding hydrogens is 173 g/mol. The Balaban J connectivity index is 3.53. The van der Waals surface area contributed by atoms with E-state index in [1.54, 1.807) is 0 Å². The van der Waals surface area contributed by atoms with Gasteiger partial charge in [-0.1, -0.05) is 0 Å². The zero-order valence-corrected chi connectivity index (χ0v) is 6.87. The third-order valence-corrected chi connectivity index (χ3v) is 1.81. The highest BCUT2D eigenvalue weighted by atomic mass is 31.2. The Bertz CT molecular complexity index is 128. The van der Waals surface area contributed by atoms with Gasteiger partial charge in [0.25, 0.3) is 0 Å². The molecule has 0 aromatic rings. The number of rotatable bonds is 6. The van der Waals surface area contributed by atoms with Gasteiger partial charge in [-0.3, -0.25) is 9.05 Å². The smallest absolute Gasteiger partial charge is 0.394 e. The Labute approximate surface area is 64.5 Å². The first kappa shape index (κ1) is 11.0. The minimum Gasteiger partial charge on any atom is -0.394 e. The van der Waals surface area contributed by atoms with Crippen LogP contribution in [0.3, 0.4) is 0 Å². The largest absolute Gasteiger partial charge is 0.403 e. The van der Waals surface area contributed by atoms with Crippen molar-refractivity contribution >= 4 is 7.75 Å². The van der Waals surface area contributed by atoms with E-state index in [1.807, 2.05) is 0 Å². The Kier molecular flexibility index (Phi) is 5.67. The monoisotopic (exact) mass is 185 g/mol. The Morgan fingerprint density at radius 2 is 1.55 bits per heavy atom. The Hall–Kier alpha value is 0.0300. The quantitative estimate of drug-likeness (QED) is 0.462. The molecule has 0 aromatic heterocycles. The molecule has 0 bridgehead atoms. The standard InChI is InChI=1S/C4H12NO5P/c5-11(8,9-3-1-6)10-4-2-7/h6-7H,1-4H2,(H2,5,8). The van der Waals surface area contributed by atoms with Crippen molar-refractivity contribution in [3.05, 3.63) is 0 Å². The molecule has 11 heavy (non-hydrogen) atoms. The summed E-state index contributed by atoms with van der Waals surface area (Å²) in [6.45, 7) is -0.828. The summed E-state index contributed by atoms with van der Waals surface area (Å²) in [5.41, 5.74) is 4.98. The summed E-state index contributed by atoms with van der Waals surface area (Å²) in [4.78, 5) is 0. The van der Waals surface area contributed by atoms with Gasteiger partial charge in [0.2, 0.25) is 0 Å². The average Bonchev–Trinajstić information content (AvgIpc) is 1.97. The normalized spacial score (nSPS) is 11.9. The molecule has 0 aliphatic carbocycles. The van der Waals surface area contributed by atoms with Crippen LogP contribution in [0.1, 0.15) is 0 Å². The first-order valence-corrected chi connectivity index (χ1v) is 4.63. The molecule has 0 amide bonds. The molecule has 0 aliphatic rings. The van der Waals surface area contributed by atoms with Crippen molar-refractivity contribution < 1.29 is 23.8 Å². The SMILES string of the molecule is NP(=O)(OCCO)OCCO. The van der Waals surface area contributed by atoms with Gasteiger partial charge in [-0.2, -0.15) is 0 Å². The first-order chi connectivity index (χ1) is 5.12. The van der Waals surface area contributed by atoms with Gasteiger partial charge < -0.3 is 10.2 Å². The number of nitrogens with two attached hydrogens (primary N) is 1. The van der Waals surface area contributed by atoms with Crippen LogP contribution in [0.4, 0.5) is 0 Å². The third-order valence-electron chi connectivity index (χ3n) is 0.725. The average molecular weight is 185 g/mol. The molecule has 0 saturated heterocycles. The van der Waals surface area contributed by atoms with Crippen molar-refractivity contribution in [3.63, 3.8) is 0 Å². The second-order valence-corrected chi connectivity index (χ2v) is 3.25. The van der Waals surface area contributed by atoms with Crippen LogP contribution in [0, 0.1) is 0 Å². The van der Waals surface area contributed by atoms with E-state index in [0.717, 1.165) is 0 Å². The number of hydrogen-bond donors (Lipinski definition) is 3. The molecule has 6 nitrogen and oxygen atoms in total. The van der Waals surface area contributed by atoms with Gasteiger partial charge in [-0.15, -0.1) is 0 Å². The summed E-state index contributed by atoms with van der Waals surface area (Å²) >= 11 is 0. The maximum atomic E-state index is 10.8. The molecule has 0 heterocycles. The predicted molar refractivity (Wildman–Crippen MR) is 37.9 cm³/mol. The predicted octanol–water partition coefficient (Wildman–Crippen LogP) is -0.929. The van der Waals surface area contributed by atoms with Crippen molar-refractivity contribution in [2.45, 2.75) is 0 Å². The molecule has 0 radical (unpaired) electrons. The van der Waals surface area contributed by atoms with Crippen LogP contribution in [0.5, 0.6) is 0 Å². The molecule has 0 aliphatic heterocycles. The molecular formula is C4H12NO5P. The van der Waals surface area contributed by atoms with Crippen LogP contribution in [0.25, 0.3) is 0 Å². The van der Waals surface area contributed by atoms with Crippen LogP contribution < -0.4 is 5.50 Å². The van der Waals surface area contributed by atoms with Gasteiger partial charge in [0.1, 0.15) is 0 Å². The van der Waals surface area contributed by atoms with Gasteiger partial charge in [0.15, 0.2) is 0 Å². The van der Waals surface area contributed by atoms with Gasteiger partial charge in [0.05, 0.1) is 26.4 Å². The number of aliphatic hydroxyl groups is 2. The van der Waals surface area contributed by atoms with Crippen molar-refractivity contribution in [2.24, 2.45) is 5.50 Å². The van der Waals surface area contributed by atoms with Gasteiger partial charge in [-0.05, 0) is 0 Å². The van der Waals surface area contributed by atoms with Crippen molar-refractivity contribution in [3.8, 4) is 0 Å². The van der Waals surface area contributed by atoms with E-state index >= 15 is 0 Å². The van der Waals surface area contributed by atoms with Gasteiger partial charge in [0, 0.05) is 0 Å². The zero-order valence-electron chi connectivity index (χ0n) is 5.97. The van der Waals surface area contributed by atoms with Crippen molar-refractivity contribution in [1.82, 2.24) is 0 Å². The molecule has 0 unspecified atom stereocenters. The van der Waals surface area contributed by atoms with Crippen LogP contribution in [0.2, 0.25) is 0 Å². The summed E-state index contributed by atoms with van der Waals surface area (Å²) in [6.07, 6.45) is 0. The zero-order chi connectivity index (χ0) is 8.74. The summed E-state index contributed by atoms with van der Waals surface area (Å²) < 4.78 is 19.7. The highest BCUT2D eigenvalue weighted by Gasteiger charge is 2.16. The van der Waals surface area contributed by atoms with Crippen LogP contribution in [-0.4, -0.2) is 36.6 Å². The molecule has 7 heteroatoms. The fourth-order valence-electron chi connectivity index (χ4n) is 0.373. The fraction of sp³-hybridized carbons (Fsp3) is 1.00. The first-order valence-electron chi connectivity index (χ1n) is 3.02. The van der Waals surface area contributed by atoms with E-state index in [-0.39, 0.29) is 26.4 Å². The molecule has 0 spiro atoms. The molecule has 0 atom stereocenters. The van der Waals surface area contributed by atoms with Crippen molar-refractivity contribution in [2.75, 3.05) is 26.4 Å². The van der Waals surface area contributed by atoms with E-state index in [1.165, 1.54) is 0 Å². The molecule has 0 rings (SSSR count). The Morgan fingerprint density at radius 3 is 1.82 bits per heavy atom. The lowest BCUT2D eigenvalue weighted by Gasteiger charge is -2.11. The van der Waals surface area contributed by atoms with Crippen molar-refractivity contribution in [1.29, 1.82) is 0 Å². The summed E-state index contributed by atoms with van der Waals surface area (Å²) in [7, 11) is -3.55. The third kappa shape index (κ3) is 6.43. The molecule has 68 valence electrons. The topological polar surface area (TPSA) is 102 Å². The van der Waals surface area contributed by atoms with Crippen LogP contribution in [0.15, 0.2) is 0 Å². The van der Waals surface area contributed by atoms with E-state index < -0.39 is 7.75 Å². The van der Waals surface area contributed by atoms with E-state index in [4.69, 9.17) is 15.7 Å². The molecule has 4 N–H and O–H groups in total. The maximum absolute atomic E-state index is 10.8. The molecule has 0 saturated carbocycles. The van der Waals surface area contributed by atoms with Crippen LogP contribution >= 0.6 is 7.75 Å². The highest BCUT2D eigenvalue weighted by Crippen LogP contribution is 2.38. The lowest BCUT2D eigenvalue weighted by molar-refractivity contribution is 0.141. The molecule has 0 fully saturated rings. The fourth-order valence-corrected chi connectivity index (χ4v) is 1.12. The summed E-state index contributed by atoms with van der Waals surface area (Å²) in [6, 6.07) is 0. The molecule has 0 aromatic carbocycles. The lowest BCUT2D eigenvalue weighted by Crippen LogP contribution is -2.09. The number of aliphatic hydroxyl groups excluding tert-OH is 2. The summed E-state index contributed by atoms with van der Waals surface area (Å²) in [5, 5.41) is 16.5. The summed E-state index contributed by atoms with van der Waals surface area (Å²) in [5.74, 6) is 0. The van der Waals surface area contributed by atoms with E-state index in [9.17, 15) is 4.57 Å². The lowest BCUT2D eigenvalue weighted by atomic mass is 10.8. The minimum absolute atomic E-state index is 0.140. The number of hydrogen-bond acceptors (Lipinski definition) is 5. The second-order valence-electron chi connectivity index (χ2n) is 1.65. The Morgan fingerprint density at radius 1 is 1.18 bits per heavy atom. The van der Waals surface area contributed by atoms with Gasteiger partial charge >= 0.3 is 7.75 Å². The van der Waals surface area contributed by atoms with E-state index in [2.05, 4.69) is 9.05 Å². The highest BCUT2D eigenvalue weighted by molar-refractivity contribution is 7.51.